The van der Waals surface area contributed by atoms with E-state index in [4.69, 9.17) is 14.6 Å². The summed E-state index contributed by atoms with van der Waals surface area (Å²) in [4.78, 5) is 25.6. The Labute approximate surface area is 209 Å². The molecule has 8 heteroatoms. The number of aromatic nitrogens is 2. The third kappa shape index (κ3) is 5.38. The highest BCUT2D eigenvalue weighted by molar-refractivity contribution is 6.08. The molecule has 8 nitrogen and oxygen atoms in total. The van der Waals surface area contributed by atoms with E-state index in [-0.39, 0.29) is 17.7 Å². The summed E-state index contributed by atoms with van der Waals surface area (Å²) in [6.45, 7) is 3.64. The van der Waals surface area contributed by atoms with Crippen LogP contribution in [-0.2, 0) is 4.79 Å². The molecule has 0 fully saturated rings. The monoisotopic (exact) mass is 484 g/mol. The number of methoxy groups -OCH3 is 2. The lowest BCUT2D eigenvalue weighted by molar-refractivity contribution is -0.118. The van der Waals surface area contributed by atoms with E-state index >= 15 is 0 Å². The van der Waals surface area contributed by atoms with Crippen molar-refractivity contribution >= 4 is 23.2 Å². The summed E-state index contributed by atoms with van der Waals surface area (Å²) < 4.78 is 12.6. The lowest BCUT2D eigenvalue weighted by Gasteiger charge is -2.11. The molecule has 2 amide bonds. The van der Waals surface area contributed by atoms with Gasteiger partial charge in [0, 0.05) is 35.1 Å². The van der Waals surface area contributed by atoms with Crippen LogP contribution >= 0.6 is 0 Å². The average molecular weight is 485 g/mol. The Bertz CT molecular complexity index is 1380. The molecular weight excluding hydrogens is 456 g/mol. The van der Waals surface area contributed by atoms with E-state index in [0.29, 0.717) is 39.7 Å². The Morgan fingerprint density at radius 1 is 0.861 bits per heavy atom. The van der Waals surface area contributed by atoms with Gasteiger partial charge >= 0.3 is 0 Å². The standard InChI is InChI=1S/C28H28N4O4/c1-18(2)27(33)29-19-9-8-10-20(15-19)30-28(34)24-17-32(21-11-6-5-7-12-21)31-26(24)23-14-13-22(35-3)16-25(23)36-4/h5-18H,1-4H3,(H,29,33)(H,30,34). The van der Waals surface area contributed by atoms with Crippen LogP contribution in [0, 0.1) is 5.92 Å². The number of nitrogens with zero attached hydrogens (tertiary/aromatic N) is 2. The minimum Gasteiger partial charge on any atom is -0.497 e. The lowest BCUT2D eigenvalue weighted by atomic mass is 10.1. The fourth-order valence-corrected chi connectivity index (χ4v) is 3.61. The first-order chi connectivity index (χ1) is 17.4. The number of carbonyl (C=O) groups is 2. The van der Waals surface area contributed by atoms with Gasteiger partial charge in [0.05, 0.1) is 25.5 Å². The van der Waals surface area contributed by atoms with Crippen LogP contribution in [0.3, 0.4) is 0 Å². The van der Waals surface area contributed by atoms with E-state index < -0.39 is 0 Å². The Balaban J connectivity index is 1.72. The largest absolute Gasteiger partial charge is 0.497 e. The van der Waals surface area contributed by atoms with Crippen molar-refractivity contribution in [2.75, 3.05) is 24.9 Å². The maximum absolute atomic E-state index is 13.5. The van der Waals surface area contributed by atoms with Gasteiger partial charge in [0.2, 0.25) is 5.91 Å². The Morgan fingerprint density at radius 3 is 2.25 bits per heavy atom. The van der Waals surface area contributed by atoms with Crippen molar-refractivity contribution in [3.05, 3.63) is 84.6 Å². The summed E-state index contributed by atoms with van der Waals surface area (Å²) in [5.74, 6) is 0.549. The first-order valence-corrected chi connectivity index (χ1v) is 11.5. The van der Waals surface area contributed by atoms with E-state index in [1.807, 2.05) is 50.2 Å². The molecule has 184 valence electrons. The Morgan fingerprint density at radius 2 is 1.58 bits per heavy atom. The van der Waals surface area contributed by atoms with Crippen molar-refractivity contribution in [1.29, 1.82) is 0 Å². The van der Waals surface area contributed by atoms with Crippen LogP contribution in [0.2, 0.25) is 0 Å². The fraction of sp³-hybridized carbons (Fsp3) is 0.179. The van der Waals surface area contributed by atoms with E-state index in [2.05, 4.69) is 10.6 Å². The smallest absolute Gasteiger partial charge is 0.259 e. The molecule has 3 aromatic carbocycles. The molecule has 4 aromatic rings. The maximum atomic E-state index is 13.5. The molecule has 0 saturated heterocycles. The average Bonchev–Trinajstić information content (AvgIpc) is 3.34. The number of hydrogen-bond acceptors (Lipinski definition) is 5. The van der Waals surface area contributed by atoms with Crippen LogP contribution < -0.4 is 20.1 Å². The molecule has 2 N–H and O–H groups in total. The quantitative estimate of drug-likeness (QED) is 0.349. The van der Waals surface area contributed by atoms with Gasteiger partial charge in [0.25, 0.3) is 5.91 Å². The zero-order valence-electron chi connectivity index (χ0n) is 20.6. The first kappa shape index (κ1) is 24.5. The number of nitrogens with one attached hydrogen (secondary N) is 2. The summed E-state index contributed by atoms with van der Waals surface area (Å²) in [7, 11) is 3.14. The second-order valence-electron chi connectivity index (χ2n) is 8.42. The second-order valence-corrected chi connectivity index (χ2v) is 8.42. The van der Waals surface area contributed by atoms with Crippen molar-refractivity contribution in [2.45, 2.75) is 13.8 Å². The topological polar surface area (TPSA) is 94.5 Å². The molecule has 0 aliphatic carbocycles. The summed E-state index contributed by atoms with van der Waals surface area (Å²) in [6, 6.07) is 21.9. The maximum Gasteiger partial charge on any atom is 0.259 e. The molecule has 4 rings (SSSR count). The molecule has 0 aliphatic heterocycles. The number of amides is 2. The number of anilines is 2. The normalized spacial score (nSPS) is 10.7. The highest BCUT2D eigenvalue weighted by Gasteiger charge is 2.22. The number of carbonyl (C=O) groups excluding carboxylic acids is 2. The van der Waals surface area contributed by atoms with Gasteiger partial charge in [0.1, 0.15) is 17.2 Å². The molecule has 0 atom stereocenters. The molecule has 0 bridgehead atoms. The minimum atomic E-state index is -0.350. The molecule has 0 radical (unpaired) electrons. The van der Waals surface area contributed by atoms with E-state index in [9.17, 15) is 9.59 Å². The number of hydrogen-bond donors (Lipinski definition) is 2. The summed E-state index contributed by atoms with van der Waals surface area (Å²) in [5.41, 5.74) is 3.42. The van der Waals surface area contributed by atoms with Gasteiger partial charge in [-0.05, 0) is 42.5 Å². The van der Waals surface area contributed by atoms with Crippen LogP contribution in [0.5, 0.6) is 11.5 Å². The Hall–Kier alpha value is -4.59. The third-order valence-corrected chi connectivity index (χ3v) is 5.56. The van der Waals surface area contributed by atoms with Gasteiger partial charge in [-0.1, -0.05) is 38.1 Å². The molecular formula is C28H28N4O4. The van der Waals surface area contributed by atoms with Gasteiger partial charge < -0.3 is 20.1 Å². The zero-order valence-corrected chi connectivity index (χ0v) is 20.6. The fourth-order valence-electron chi connectivity index (χ4n) is 3.61. The van der Waals surface area contributed by atoms with Crippen molar-refractivity contribution in [1.82, 2.24) is 9.78 Å². The van der Waals surface area contributed by atoms with E-state index in [1.54, 1.807) is 61.5 Å². The molecule has 1 aromatic heterocycles. The van der Waals surface area contributed by atoms with Crippen molar-refractivity contribution in [3.63, 3.8) is 0 Å². The number of ether oxygens (including phenoxy) is 2. The molecule has 0 spiro atoms. The van der Waals surface area contributed by atoms with Crippen molar-refractivity contribution < 1.29 is 19.1 Å². The van der Waals surface area contributed by atoms with Gasteiger partial charge in [-0.3, -0.25) is 9.59 Å². The Kier molecular flexibility index (Phi) is 7.34. The highest BCUT2D eigenvalue weighted by atomic mass is 16.5. The second kappa shape index (κ2) is 10.8. The van der Waals surface area contributed by atoms with Gasteiger partial charge in [-0.15, -0.1) is 0 Å². The van der Waals surface area contributed by atoms with Crippen LogP contribution in [0.4, 0.5) is 11.4 Å². The molecule has 36 heavy (non-hydrogen) atoms. The first-order valence-electron chi connectivity index (χ1n) is 11.5. The third-order valence-electron chi connectivity index (χ3n) is 5.56. The van der Waals surface area contributed by atoms with Crippen LogP contribution in [0.25, 0.3) is 16.9 Å². The lowest BCUT2D eigenvalue weighted by Crippen LogP contribution is -2.18. The van der Waals surface area contributed by atoms with Gasteiger partial charge in [-0.25, -0.2) is 4.68 Å². The van der Waals surface area contributed by atoms with Crippen molar-refractivity contribution in [3.8, 4) is 28.4 Å². The zero-order chi connectivity index (χ0) is 25.7. The van der Waals surface area contributed by atoms with Crippen LogP contribution in [0.1, 0.15) is 24.2 Å². The van der Waals surface area contributed by atoms with Crippen LogP contribution in [-0.4, -0.2) is 35.8 Å². The van der Waals surface area contributed by atoms with E-state index in [1.165, 1.54) is 0 Å². The molecule has 1 heterocycles. The molecule has 0 unspecified atom stereocenters. The summed E-state index contributed by atoms with van der Waals surface area (Å²) in [5, 5.41) is 10.5. The predicted molar refractivity (Wildman–Crippen MR) is 140 cm³/mol. The SMILES string of the molecule is COc1ccc(-c2nn(-c3ccccc3)cc2C(=O)Nc2cccc(NC(=O)C(C)C)c2)c(OC)c1. The van der Waals surface area contributed by atoms with Gasteiger partial charge in [0.15, 0.2) is 0 Å². The number of benzene rings is 3. The van der Waals surface area contributed by atoms with Crippen molar-refractivity contribution in [2.24, 2.45) is 5.92 Å². The summed E-state index contributed by atoms with van der Waals surface area (Å²) in [6.07, 6.45) is 1.69. The van der Waals surface area contributed by atoms with Crippen LogP contribution in [0.15, 0.2) is 79.0 Å². The number of para-hydroxylation sites is 1. The molecule has 0 aliphatic rings. The summed E-state index contributed by atoms with van der Waals surface area (Å²) >= 11 is 0. The van der Waals surface area contributed by atoms with Gasteiger partial charge in [-0.2, -0.15) is 5.10 Å². The predicted octanol–water partition coefficient (Wildman–Crippen LogP) is 5.40. The highest BCUT2D eigenvalue weighted by Crippen LogP contribution is 2.35. The minimum absolute atomic E-state index is 0.100. The molecule has 0 saturated carbocycles. The van der Waals surface area contributed by atoms with E-state index in [0.717, 1.165) is 5.69 Å². The number of rotatable bonds is 8.